The number of carbonyl (C=O) groups excluding carboxylic acids is 1. The topological polar surface area (TPSA) is 55.5 Å². The number of aliphatic imine (C=N–C) groups is 1. The third-order valence-electron chi connectivity index (χ3n) is 1.29. The summed E-state index contributed by atoms with van der Waals surface area (Å²) in [6.07, 6.45) is 0. The number of carbonyl (C=O) groups is 1. The van der Waals surface area contributed by atoms with Crippen LogP contribution < -0.4 is 5.73 Å². The van der Waals surface area contributed by atoms with Gasteiger partial charge in [-0.1, -0.05) is 0 Å². The summed E-state index contributed by atoms with van der Waals surface area (Å²) in [7, 11) is 0. The summed E-state index contributed by atoms with van der Waals surface area (Å²) >= 11 is 3.22. The monoisotopic (exact) mass is 202 g/mol. The van der Waals surface area contributed by atoms with Crippen molar-refractivity contribution in [1.29, 1.82) is 0 Å². The quantitative estimate of drug-likeness (QED) is 0.666. The molecule has 0 aromatic carbocycles. The standard InChI is InChI=1S/C6H7BrN2O/c1-3-2-9-5(4(3)7)6(8)10/h2H2,1H3,(H2,8,10). The van der Waals surface area contributed by atoms with Gasteiger partial charge in [0.25, 0.3) is 5.91 Å². The zero-order valence-electron chi connectivity index (χ0n) is 5.52. The highest BCUT2D eigenvalue weighted by molar-refractivity contribution is 9.12. The van der Waals surface area contributed by atoms with Crippen molar-refractivity contribution >= 4 is 27.5 Å². The molecule has 1 heterocycles. The molecule has 0 fully saturated rings. The van der Waals surface area contributed by atoms with Crippen LogP contribution in [0.3, 0.4) is 0 Å². The molecule has 0 saturated carbocycles. The minimum atomic E-state index is -0.469. The maximum absolute atomic E-state index is 10.6. The lowest BCUT2D eigenvalue weighted by atomic mass is 10.2. The maximum atomic E-state index is 10.6. The smallest absolute Gasteiger partial charge is 0.268 e. The fourth-order valence-electron chi connectivity index (χ4n) is 0.725. The number of rotatable bonds is 1. The number of hydrogen-bond acceptors (Lipinski definition) is 2. The fourth-order valence-corrected chi connectivity index (χ4v) is 1.17. The number of nitrogens with two attached hydrogens (primary N) is 1. The molecule has 0 saturated heterocycles. The van der Waals surface area contributed by atoms with Gasteiger partial charge in [-0.05, 0) is 28.4 Å². The Morgan fingerprint density at radius 3 is 2.60 bits per heavy atom. The van der Waals surface area contributed by atoms with E-state index in [1.807, 2.05) is 6.92 Å². The fraction of sp³-hybridized carbons (Fsp3) is 0.333. The molecule has 0 aromatic heterocycles. The molecule has 1 aliphatic heterocycles. The van der Waals surface area contributed by atoms with E-state index >= 15 is 0 Å². The van der Waals surface area contributed by atoms with Crippen LogP contribution in [-0.4, -0.2) is 18.2 Å². The molecule has 1 aliphatic rings. The van der Waals surface area contributed by atoms with Gasteiger partial charge in [0.2, 0.25) is 0 Å². The molecule has 1 amide bonds. The average molecular weight is 203 g/mol. The summed E-state index contributed by atoms with van der Waals surface area (Å²) in [6, 6.07) is 0. The van der Waals surface area contributed by atoms with Crippen LogP contribution in [0, 0.1) is 0 Å². The summed E-state index contributed by atoms with van der Waals surface area (Å²) in [5, 5.41) is 0. The van der Waals surface area contributed by atoms with E-state index in [1.54, 1.807) is 0 Å². The Bertz CT molecular complexity index is 242. The van der Waals surface area contributed by atoms with E-state index in [2.05, 4.69) is 20.9 Å². The molecule has 2 N–H and O–H groups in total. The normalized spacial score (nSPS) is 17.6. The third-order valence-corrected chi connectivity index (χ3v) is 2.34. The second-order valence-electron chi connectivity index (χ2n) is 2.12. The van der Waals surface area contributed by atoms with Gasteiger partial charge in [-0.15, -0.1) is 0 Å². The van der Waals surface area contributed by atoms with Gasteiger partial charge in [-0.3, -0.25) is 9.79 Å². The highest BCUT2D eigenvalue weighted by Crippen LogP contribution is 2.19. The number of primary amides is 1. The minimum Gasteiger partial charge on any atom is -0.364 e. The van der Waals surface area contributed by atoms with Crippen LogP contribution in [0.2, 0.25) is 0 Å². The predicted octanol–water partition coefficient (Wildman–Crippen LogP) is 0.595. The zero-order chi connectivity index (χ0) is 7.72. The van der Waals surface area contributed by atoms with Crippen LogP contribution in [0.1, 0.15) is 6.92 Å². The SMILES string of the molecule is CC1=C(Br)C(C(N)=O)=NC1. The van der Waals surface area contributed by atoms with Crippen LogP contribution in [0.15, 0.2) is 15.0 Å². The largest absolute Gasteiger partial charge is 0.364 e. The molecule has 0 radical (unpaired) electrons. The van der Waals surface area contributed by atoms with E-state index in [0.717, 1.165) is 10.1 Å². The van der Waals surface area contributed by atoms with Gasteiger partial charge >= 0.3 is 0 Å². The van der Waals surface area contributed by atoms with Crippen molar-refractivity contribution < 1.29 is 4.79 Å². The number of hydrogen-bond donors (Lipinski definition) is 1. The van der Waals surface area contributed by atoms with Gasteiger partial charge in [0.1, 0.15) is 5.71 Å². The van der Waals surface area contributed by atoms with E-state index in [9.17, 15) is 4.79 Å². The van der Waals surface area contributed by atoms with E-state index in [1.165, 1.54) is 0 Å². The van der Waals surface area contributed by atoms with E-state index in [0.29, 0.717) is 12.3 Å². The Morgan fingerprint density at radius 2 is 2.40 bits per heavy atom. The van der Waals surface area contributed by atoms with Crippen molar-refractivity contribution in [2.45, 2.75) is 6.92 Å². The van der Waals surface area contributed by atoms with Crippen molar-refractivity contribution in [2.24, 2.45) is 10.7 Å². The first-order valence-electron chi connectivity index (χ1n) is 2.83. The van der Waals surface area contributed by atoms with Crippen LogP contribution in [0.25, 0.3) is 0 Å². The molecular formula is C6H7BrN2O. The second kappa shape index (κ2) is 2.54. The molecule has 0 aromatic rings. The molecule has 10 heavy (non-hydrogen) atoms. The van der Waals surface area contributed by atoms with Gasteiger partial charge < -0.3 is 5.73 Å². The number of amides is 1. The lowest BCUT2D eigenvalue weighted by Crippen LogP contribution is -2.22. The second-order valence-corrected chi connectivity index (χ2v) is 2.92. The first kappa shape index (κ1) is 7.47. The van der Waals surface area contributed by atoms with Gasteiger partial charge in [0.05, 0.1) is 6.54 Å². The van der Waals surface area contributed by atoms with Gasteiger partial charge in [0, 0.05) is 4.48 Å². The Balaban J connectivity index is 2.93. The van der Waals surface area contributed by atoms with Crippen LogP contribution >= 0.6 is 15.9 Å². The predicted molar refractivity (Wildman–Crippen MR) is 43.1 cm³/mol. The third kappa shape index (κ3) is 1.11. The molecule has 0 unspecified atom stereocenters. The van der Waals surface area contributed by atoms with Crippen molar-refractivity contribution in [2.75, 3.05) is 6.54 Å². The summed E-state index contributed by atoms with van der Waals surface area (Å²) < 4.78 is 0.750. The Morgan fingerprint density at radius 1 is 1.80 bits per heavy atom. The first-order chi connectivity index (χ1) is 4.63. The lowest BCUT2D eigenvalue weighted by molar-refractivity contribution is -0.111. The highest BCUT2D eigenvalue weighted by atomic mass is 79.9. The van der Waals surface area contributed by atoms with Crippen molar-refractivity contribution in [3.63, 3.8) is 0 Å². The van der Waals surface area contributed by atoms with Crippen LogP contribution in [-0.2, 0) is 4.79 Å². The Hall–Kier alpha value is -0.640. The summed E-state index contributed by atoms with van der Waals surface area (Å²) in [4.78, 5) is 14.5. The van der Waals surface area contributed by atoms with Crippen LogP contribution in [0.4, 0.5) is 0 Å². The van der Waals surface area contributed by atoms with Crippen LogP contribution in [0.5, 0.6) is 0 Å². The molecule has 54 valence electrons. The van der Waals surface area contributed by atoms with E-state index in [-0.39, 0.29) is 0 Å². The lowest BCUT2D eigenvalue weighted by Gasteiger charge is -1.92. The minimum absolute atomic E-state index is 0.359. The molecular weight excluding hydrogens is 196 g/mol. The van der Waals surface area contributed by atoms with Crippen molar-refractivity contribution in [3.05, 3.63) is 10.1 Å². The molecule has 0 bridgehead atoms. The average Bonchev–Trinajstić information content (AvgIpc) is 2.14. The Labute approximate surface area is 67.1 Å². The summed E-state index contributed by atoms with van der Waals surface area (Å²) in [6.45, 7) is 2.49. The Kier molecular flexibility index (Phi) is 1.89. The first-order valence-corrected chi connectivity index (χ1v) is 3.62. The van der Waals surface area contributed by atoms with Crippen molar-refractivity contribution in [1.82, 2.24) is 0 Å². The van der Waals surface area contributed by atoms with E-state index < -0.39 is 5.91 Å². The number of nitrogens with zero attached hydrogens (tertiary/aromatic N) is 1. The molecule has 0 atom stereocenters. The van der Waals surface area contributed by atoms with E-state index in [4.69, 9.17) is 5.73 Å². The van der Waals surface area contributed by atoms with Crippen molar-refractivity contribution in [3.8, 4) is 0 Å². The number of halogens is 1. The zero-order valence-corrected chi connectivity index (χ0v) is 7.10. The molecule has 1 rings (SSSR count). The summed E-state index contributed by atoms with van der Waals surface area (Å²) in [5.41, 5.74) is 6.43. The van der Waals surface area contributed by atoms with Gasteiger partial charge in [-0.25, -0.2) is 0 Å². The van der Waals surface area contributed by atoms with Gasteiger partial charge in [-0.2, -0.15) is 0 Å². The molecule has 0 spiro atoms. The molecule has 4 heteroatoms. The van der Waals surface area contributed by atoms with Gasteiger partial charge in [0.15, 0.2) is 0 Å². The summed E-state index contributed by atoms with van der Waals surface area (Å²) in [5.74, 6) is -0.469. The molecule has 3 nitrogen and oxygen atoms in total. The highest BCUT2D eigenvalue weighted by Gasteiger charge is 2.17. The maximum Gasteiger partial charge on any atom is 0.268 e. The molecule has 0 aliphatic carbocycles.